The minimum Gasteiger partial charge on any atom is -0.478 e. The maximum atomic E-state index is 12.1. The number of carbonyl (C=O) groups is 2. The zero-order valence-electron chi connectivity index (χ0n) is 17.4. The van der Waals surface area contributed by atoms with E-state index in [0.29, 0.717) is 21.9 Å². The number of carboxylic acids is 1. The summed E-state index contributed by atoms with van der Waals surface area (Å²) in [6, 6.07) is 0. The van der Waals surface area contributed by atoms with Gasteiger partial charge in [-0.3, -0.25) is 4.79 Å². The predicted octanol–water partition coefficient (Wildman–Crippen LogP) is 5.70. The fourth-order valence-electron chi connectivity index (χ4n) is 6.23. The first kappa shape index (κ1) is 21.8. The van der Waals surface area contributed by atoms with Crippen LogP contribution in [0.1, 0.15) is 72.1 Å². The van der Waals surface area contributed by atoms with Crippen LogP contribution in [0.3, 0.4) is 0 Å². The second-order valence-corrected chi connectivity index (χ2v) is 12.6. The molecule has 0 bridgehead atoms. The molecule has 1 N–H and O–H groups in total. The molecule has 0 aliphatic heterocycles. The predicted molar refractivity (Wildman–Crippen MR) is 118 cm³/mol. The molecule has 0 spiro atoms. The number of hydrogen-bond donors (Lipinski definition) is 1. The van der Waals surface area contributed by atoms with E-state index in [1.807, 2.05) is 0 Å². The molecule has 5 atom stereocenters. The van der Waals surface area contributed by atoms with Crippen LogP contribution in [0.5, 0.6) is 0 Å². The molecule has 5 heteroatoms. The Morgan fingerprint density at radius 1 is 1.29 bits per heavy atom. The number of esters is 1. The van der Waals surface area contributed by atoms with Gasteiger partial charge in [-0.15, -0.1) is 0 Å². The molecular weight excluding hydrogens is 467 g/mol. The molecule has 0 aromatic carbocycles. The van der Waals surface area contributed by atoms with Crippen LogP contribution in [0, 0.1) is 22.7 Å². The molecule has 0 aromatic heterocycles. The van der Waals surface area contributed by atoms with E-state index in [9.17, 15) is 9.59 Å². The Bertz CT molecular complexity index is 709. The largest absolute Gasteiger partial charge is 0.478 e. The fourth-order valence-corrected chi connectivity index (χ4v) is 6.98. The standard InChI is InChI=1S/C23H33IO4/c1-15(20(26)27)12-19(25)28-14-21(2)9-5-10-23(4)17-8-11-22(3,24)13-16(17)6-7-18(21)23/h8,16,18H,1,5-7,9-14H2,2-4H3,(H,26,27)/t16?,18?,21-,22-,23-/m0/s1. The minimum atomic E-state index is -1.14. The van der Waals surface area contributed by atoms with Gasteiger partial charge in [0, 0.05) is 14.4 Å². The summed E-state index contributed by atoms with van der Waals surface area (Å²) >= 11 is 2.62. The van der Waals surface area contributed by atoms with E-state index in [2.05, 4.69) is 56.0 Å². The van der Waals surface area contributed by atoms with Crippen LogP contribution in [0.2, 0.25) is 0 Å². The van der Waals surface area contributed by atoms with E-state index >= 15 is 0 Å². The lowest BCUT2D eigenvalue weighted by atomic mass is 9.47. The van der Waals surface area contributed by atoms with E-state index in [-0.39, 0.29) is 22.8 Å². The smallest absolute Gasteiger partial charge is 0.331 e. The second-order valence-electron chi connectivity index (χ2n) is 9.98. The Balaban J connectivity index is 1.74. The number of carboxylic acid groups (broad SMARTS) is 1. The van der Waals surface area contributed by atoms with Gasteiger partial charge in [0.2, 0.25) is 0 Å². The van der Waals surface area contributed by atoms with Crippen LogP contribution >= 0.6 is 22.6 Å². The molecule has 4 nitrogen and oxygen atoms in total. The van der Waals surface area contributed by atoms with Gasteiger partial charge < -0.3 is 9.84 Å². The summed E-state index contributed by atoms with van der Waals surface area (Å²) in [5, 5.41) is 8.92. The van der Waals surface area contributed by atoms with Gasteiger partial charge in [0.25, 0.3) is 0 Å². The number of allylic oxidation sites excluding steroid dienone is 2. The van der Waals surface area contributed by atoms with E-state index in [1.165, 1.54) is 25.7 Å². The molecule has 28 heavy (non-hydrogen) atoms. The molecule has 0 radical (unpaired) electrons. The Kier molecular flexibility index (Phi) is 6.06. The van der Waals surface area contributed by atoms with Crippen molar-refractivity contribution in [2.75, 3.05) is 6.61 Å². The highest BCUT2D eigenvalue weighted by Gasteiger charge is 2.55. The third kappa shape index (κ3) is 4.19. The Morgan fingerprint density at radius 3 is 2.68 bits per heavy atom. The van der Waals surface area contributed by atoms with Crippen molar-refractivity contribution in [3.8, 4) is 0 Å². The van der Waals surface area contributed by atoms with E-state index in [0.717, 1.165) is 19.3 Å². The highest BCUT2D eigenvalue weighted by atomic mass is 127. The van der Waals surface area contributed by atoms with Gasteiger partial charge in [-0.25, -0.2) is 4.79 Å². The summed E-state index contributed by atoms with van der Waals surface area (Å²) in [6.07, 6.45) is 10.5. The van der Waals surface area contributed by atoms with Crippen molar-refractivity contribution in [2.45, 2.75) is 75.6 Å². The summed E-state index contributed by atoms with van der Waals surface area (Å²) in [5.41, 5.74) is 1.69. The van der Waals surface area contributed by atoms with E-state index in [4.69, 9.17) is 9.84 Å². The molecular formula is C23H33IO4. The molecule has 156 valence electrons. The van der Waals surface area contributed by atoms with Crippen LogP contribution in [-0.4, -0.2) is 27.1 Å². The number of rotatable bonds is 5. The molecule has 2 fully saturated rings. The number of halogens is 1. The SMILES string of the molecule is C=C(CC(=O)OC[C@]1(C)CCC[C@@]2(C)C3=CC[C@](C)(I)CC3CCC12)C(=O)O. The minimum absolute atomic E-state index is 0.0515. The first-order chi connectivity index (χ1) is 13.0. The van der Waals surface area contributed by atoms with Crippen molar-refractivity contribution in [3.63, 3.8) is 0 Å². The maximum absolute atomic E-state index is 12.1. The molecule has 0 saturated heterocycles. The molecule has 3 aliphatic rings. The monoisotopic (exact) mass is 500 g/mol. The average molecular weight is 500 g/mol. The number of carbonyl (C=O) groups excluding carboxylic acids is 1. The van der Waals surface area contributed by atoms with Gasteiger partial charge in [0.15, 0.2) is 0 Å². The zero-order chi connectivity index (χ0) is 20.7. The third-order valence-corrected chi connectivity index (χ3v) is 8.48. The first-order valence-corrected chi connectivity index (χ1v) is 11.5. The van der Waals surface area contributed by atoms with Gasteiger partial charge in [-0.2, -0.15) is 0 Å². The third-order valence-electron chi connectivity index (χ3n) is 7.60. The second kappa shape index (κ2) is 7.77. The van der Waals surface area contributed by atoms with Crippen LogP contribution in [0.25, 0.3) is 0 Å². The Hall–Kier alpha value is -0.850. The molecule has 3 rings (SSSR count). The van der Waals surface area contributed by atoms with Crippen molar-refractivity contribution in [1.82, 2.24) is 0 Å². The Labute approximate surface area is 182 Å². The van der Waals surface area contributed by atoms with Gasteiger partial charge in [0.1, 0.15) is 0 Å². The highest BCUT2D eigenvalue weighted by Crippen LogP contribution is 2.63. The van der Waals surface area contributed by atoms with Gasteiger partial charge in [-0.05, 0) is 55.8 Å². The fraction of sp³-hybridized carbons (Fsp3) is 0.739. The Morgan fingerprint density at radius 2 is 2.00 bits per heavy atom. The number of aliphatic carboxylic acids is 1. The van der Waals surface area contributed by atoms with E-state index in [1.54, 1.807) is 5.57 Å². The zero-order valence-corrected chi connectivity index (χ0v) is 19.5. The van der Waals surface area contributed by atoms with Gasteiger partial charge in [0.05, 0.1) is 13.0 Å². The molecule has 3 aliphatic carbocycles. The van der Waals surface area contributed by atoms with Crippen molar-refractivity contribution in [1.29, 1.82) is 0 Å². The first-order valence-electron chi connectivity index (χ1n) is 10.4. The van der Waals surface area contributed by atoms with E-state index < -0.39 is 11.9 Å². The molecule has 0 heterocycles. The lowest BCUT2D eigenvalue weighted by molar-refractivity contribution is -0.153. The lowest BCUT2D eigenvalue weighted by Crippen LogP contribution is -2.51. The summed E-state index contributed by atoms with van der Waals surface area (Å²) in [7, 11) is 0. The van der Waals surface area contributed by atoms with Crippen molar-refractivity contribution in [3.05, 3.63) is 23.8 Å². The normalized spacial score (nSPS) is 39.9. The molecule has 0 amide bonds. The summed E-state index contributed by atoms with van der Waals surface area (Å²) < 4.78 is 5.95. The molecule has 2 saturated carbocycles. The van der Waals surface area contributed by atoms with Crippen LogP contribution in [0.4, 0.5) is 0 Å². The number of fused-ring (bicyclic) bond motifs is 3. The van der Waals surface area contributed by atoms with Gasteiger partial charge in [-0.1, -0.05) is 68.0 Å². The van der Waals surface area contributed by atoms with Crippen LogP contribution < -0.4 is 0 Å². The lowest BCUT2D eigenvalue weighted by Gasteiger charge is -2.59. The summed E-state index contributed by atoms with van der Waals surface area (Å²) in [5.74, 6) is -0.420. The number of hydrogen-bond acceptors (Lipinski definition) is 3. The van der Waals surface area contributed by atoms with Crippen molar-refractivity contribution >= 4 is 34.5 Å². The molecule has 2 unspecified atom stereocenters. The number of ether oxygens (including phenoxy) is 1. The van der Waals surface area contributed by atoms with Crippen molar-refractivity contribution in [2.24, 2.45) is 22.7 Å². The van der Waals surface area contributed by atoms with Crippen LogP contribution in [0.15, 0.2) is 23.8 Å². The van der Waals surface area contributed by atoms with Crippen LogP contribution in [-0.2, 0) is 14.3 Å². The summed E-state index contributed by atoms with van der Waals surface area (Å²) in [4.78, 5) is 23.0. The quantitative estimate of drug-likeness (QED) is 0.173. The average Bonchev–Trinajstić information content (AvgIpc) is 2.58. The summed E-state index contributed by atoms with van der Waals surface area (Å²) in [6.45, 7) is 10.9. The number of alkyl halides is 1. The highest BCUT2D eigenvalue weighted by molar-refractivity contribution is 14.1. The van der Waals surface area contributed by atoms with Gasteiger partial charge >= 0.3 is 11.9 Å². The molecule has 0 aromatic rings. The topological polar surface area (TPSA) is 63.6 Å². The van der Waals surface area contributed by atoms with Crippen molar-refractivity contribution < 1.29 is 19.4 Å². The maximum Gasteiger partial charge on any atom is 0.331 e.